The van der Waals surface area contributed by atoms with Gasteiger partial charge in [0.25, 0.3) is 5.91 Å². The molecule has 0 bridgehead atoms. The third kappa shape index (κ3) is 4.56. The quantitative estimate of drug-likeness (QED) is 0.882. The van der Waals surface area contributed by atoms with Crippen LogP contribution in [0.2, 0.25) is 5.02 Å². The van der Waals surface area contributed by atoms with Crippen LogP contribution in [-0.4, -0.2) is 23.0 Å². The Hall–Kier alpha value is -2.84. The SMILES string of the molecule is N#Cc1ccc(C(=O)N[C@@H](Cc2ccc(Cl)cc2)C(=O)O)cc1. The van der Waals surface area contributed by atoms with Crippen molar-refractivity contribution in [3.8, 4) is 6.07 Å². The molecule has 2 N–H and O–H groups in total. The normalized spacial score (nSPS) is 11.3. The van der Waals surface area contributed by atoms with Crippen LogP contribution in [0.4, 0.5) is 0 Å². The van der Waals surface area contributed by atoms with E-state index in [-0.39, 0.29) is 6.42 Å². The molecule has 116 valence electrons. The molecule has 0 saturated heterocycles. The summed E-state index contributed by atoms with van der Waals surface area (Å²) in [6, 6.07) is 13.6. The number of benzene rings is 2. The van der Waals surface area contributed by atoms with Crippen molar-refractivity contribution in [1.82, 2.24) is 5.32 Å². The summed E-state index contributed by atoms with van der Waals surface area (Å²) in [6.07, 6.45) is 0.147. The molecule has 2 aromatic rings. The third-order valence-electron chi connectivity index (χ3n) is 3.23. The van der Waals surface area contributed by atoms with Crippen molar-refractivity contribution in [3.05, 3.63) is 70.2 Å². The average molecular weight is 329 g/mol. The first-order chi connectivity index (χ1) is 11.0. The Morgan fingerprint density at radius 2 is 1.74 bits per heavy atom. The number of aliphatic carboxylic acids is 1. The molecule has 0 fully saturated rings. The van der Waals surface area contributed by atoms with Crippen LogP contribution in [0.15, 0.2) is 48.5 Å². The molecule has 0 spiro atoms. The lowest BCUT2D eigenvalue weighted by Gasteiger charge is -2.15. The van der Waals surface area contributed by atoms with E-state index in [0.717, 1.165) is 5.56 Å². The number of nitrogens with one attached hydrogen (secondary N) is 1. The van der Waals surface area contributed by atoms with Gasteiger partial charge in [-0.25, -0.2) is 4.79 Å². The van der Waals surface area contributed by atoms with Crippen LogP contribution in [0.25, 0.3) is 0 Å². The van der Waals surface area contributed by atoms with Gasteiger partial charge in [-0.2, -0.15) is 5.26 Å². The minimum Gasteiger partial charge on any atom is -0.480 e. The average Bonchev–Trinajstić information content (AvgIpc) is 2.56. The number of halogens is 1. The number of nitrogens with zero attached hydrogens (tertiary/aromatic N) is 1. The molecule has 0 saturated carbocycles. The fraction of sp³-hybridized carbons (Fsp3) is 0.118. The first-order valence-corrected chi connectivity index (χ1v) is 7.15. The van der Waals surface area contributed by atoms with E-state index in [4.69, 9.17) is 16.9 Å². The standard InChI is InChI=1S/C17H13ClN2O3/c18-14-7-3-11(4-8-14)9-15(17(22)23)20-16(21)13-5-1-12(10-19)2-6-13/h1-8,15H,9H2,(H,20,21)(H,22,23)/t15-/m0/s1. The van der Waals surface area contributed by atoms with Crippen LogP contribution < -0.4 is 5.32 Å². The maximum Gasteiger partial charge on any atom is 0.326 e. The second-order valence-electron chi connectivity index (χ2n) is 4.88. The van der Waals surface area contributed by atoms with E-state index in [1.807, 2.05) is 6.07 Å². The minimum atomic E-state index is -1.12. The first-order valence-electron chi connectivity index (χ1n) is 6.78. The molecule has 2 aromatic carbocycles. The lowest BCUT2D eigenvalue weighted by Crippen LogP contribution is -2.42. The van der Waals surface area contributed by atoms with E-state index >= 15 is 0 Å². The highest BCUT2D eigenvalue weighted by atomic mass is 35.5. The summed E-state index contributed by atoms with van der Waals surface area (Å²) in [5, 5.41) is 21.1. The van der Waals surface area contributed by atoms with Crippen molar-refractivity contribution >= 4 is 23.5 Å². The Kier molecular flexibility index (Phi) is 5.34. The molecule has 6 heteroatoms. The second kappa shape index (κ2) is 7.43. The van der Waals surface area contributed by atoms with Crippen LogP contribution in [0.5, 0.6) is 0 Å². The molecule has 0 radical (unpaired) electrons. The van der Waals surface area contributed by atoms with Gasteiger partial charge in [0.15, 0.2) is 0 Å². The van der Waals surface area contributed by atoms with Gasteiger partial charge >= 0.3 is 5.97 Å². The lowest BCUT2D eigenvalue weighted by atomic mass is 10.1. The number of carboxylic acids is 1. The van der Waals surface area contributed by atoms with E-state index in [2.05, 4.69) is 5.32 Å². The van der Waals surface area contributed by atoms with E-state index < -0.39 is 17.9 Å². The predicted molar refractivity (Wildman–Crippen MR) is 85.2 cm³/mol. The first kappa shape index (κ1) is 16.5. The molecule has 0 aliphatic heterocycles. The molecule has 0 aliphatic carbocycles. The fourth-order valence-corrected chi connectivity index (χ4v) is 2.12. The molecular weight excluding hydrogens is 316 g/mol. The number of nitriles is 1. The van der Waals surface area contributed by atoms with Gasteiger partial charge in [0.05, 0.1) is 11.6 Å². The zero-order chi connectivity index (χ0) is 16.8. The van der Waals surface area contributed by atoms with Crippen molar-refractivity contribution in [1.29, 1.82) is 5.26 Å². The Balaban J connectivity index is 2.09. The molecule has 0 unspecified atom stereocenters. The van der Waals surface area contributed by atoms with Gasteiger partial charge < -0.3 is 10.4 Å². The molecule has 5 nitrogen and oxygen atoms in total. The van der Waals surface area contributed by atoms with Crippen molar-refractivity contribution in [2.75, 3.05) is 0 Å². The van der Waals surface area contributed by atoms with Gasteiger partial charge in [0.2, 0.25) is 0 Å². The second-order valence-corrected chi connectivity index (χ2v) is 5.32. The van der Waals surface area contributed by atoms with E-state index in [0.29, 0.717) is 16.1 Å². The molecule has 0 aliphatic rings. The highest BCUT2D eigenvalue weighted by Crippen LogP contribution is 2.12. The summed E-state index contributed by atoms with van der Waals surface area (Å²) in [4.78, 5) is 23.5. The zero-order valence-electron chi connectivity index (χ0n) is 12.0. The molecule has 23 heavy (non-hydrogen) atoms. The number of carbonyl (C=O) groups is 2. The largest absolute Gasteiger partial charge is 0.480 e. The summed E-state index contributed by atoms with van der Waals surface area (Å²) in [5.74, 6) is -1.63. The summed E-state index contributed by atoms with van der Waals surface area (Å²) in [6.45, 7) is 0. The smallest absolute Gasteiger partial charge is 0.326 e. The number of rotatable bonds is 5. The van der Waals surface area contributed by atoms with Gasteiger partial charge in [-0.15, -0.1) is 0 Å². The molecule has 1 atom stereocenters. The minimum absolute atomic E-state index is 0.147. The van der Waals surface area contributed by atoms with Gasteiger partial charge in [-0.1, -0.05) is 23.7 Å². The Labute approximate surface area is 138 Å². The number of hydrogen-bond acceptors (Lipinski definition) is 3. The molecule has 0 heterocycles. The predicted octanol–water partition coefficient (Wildman–Crippen LogP) is 2.64. The van der Waals surface area contributed by atoms with E-state index in [9.17, 15) is 14.7 Å². The number of carboxylic acid groups (broad SMARTS) is 1. The maximum atomic E-state index is 12.1. The lowest BCUT2D eigenvalue weighted by molar-refractivity contribution is -0.139. The fourth-order valence-electron chi connectivity index (χ4n) is 1.99. The summed E-state index contributed by atoms with van der Waals surface area (Å²) < 4.78 is 0. The highest BCUT2D eigenvalue weighted by molar-refractivity contribution is 6.30. The number of amides is 1. The summed E-state index contributed by atoms with van der Waals surface area (Å²) in [7, 11) is 0. The summed E-state index contributed by atoms with van der Waals surface area (Å²) >= 11 is 5.79. The molecule has 1 amide bonds. The molecule has 0 aromatic heterocycles. The van der Waals surface area contributed by atoms with Crippen molar-refractivity contribution in [2.24, 2.45) is 0 Å². The zero-order valence-corrected chi connectivity index (χ0v) is 12.7. The Bertz CT molecular complexity index is 749. The monoisotopic (exact) mass is 328 g/mol. The van der Waals surface area contributed by atoms with E-state index in [1.165, 1.54) is 24.3 Å². The molecular formula is C17H13ClN2O3. The number of carbonyl (C=O) groups excluding carboxylic acids is 1. The summed E-state index contributed by atoms with van der Waals surface area (Å²) in [5.41, 5.74) is 1.48. The Morgan fingerprint density at radius 3 is 2.26 bits per heavy atom. The maximum absolute atomic E-state index is 12.1. The van der Waals surface area contributed by atoms with Crippen molar-refractivity contribution < 1.29 is 14.7 Å². The molecule has 2 rings (SSSR count). The third-order valence-corrected chi connectivity index (χ3v) is 3.48. The number of hydrogen-bond donors (Lipinski definition) is 2. The van der Waals surface area contributed by atoms with Crippen molar-refractivity contribution in [3.63, 3.8) is 0 Å². The van der Waals surface area contributed by atoms with Crippen LogP contribution in [0, 0.1) is 11.3 Å². The van der Waals surface area contributed by atoms with Gasteiger partial charge in [0.1, 0.15) is 6.04 Å². The van der Waals surface area contributed by atoms with Gasteiger partial charge in [-0.3, -0.25) is 4.79 Å². The van der Waals surface area contributed by atoms with Gasteiger partial charge in [0, 0.05) is 17.0 Å². The van der Waals surface area contributed by atoms with Crippen LogP contribution >= 0.6 is 11.6 Å². The van der Waals surface area contributed by atoms with Crippen LogP contribution in [-0.2, 0) is 11.2 Å². The van der Waals surface area contributed by atoms with Crippen LogP contribution in [0.1, 0.15) is 21.5 Å². The van der Waals surface area contributed by atoms with Crippen molar-refractivity contribution in [2.45, 2.75) is 12.5 Å². The highest BCUT2D eigenvalue weighted by Gasteiger charge is 2.21. The van der Waals surface area contributed by atoms with Crippen LogP contribution in [0.3, 0.4) is 0 Å². The topological polar surface area (TPSA) is 90.2 Å². The van der Waals surface area contributed by atoms with E-state index in [1.54, 1.807) is 24.3 Å². The Morgan fingerprint density at radius 1 is 1.13 bits per heavy atom. The van der Waals surface area contributed by atoms with Gasteiger partial charge in [-0.05, 0) is 42.0 Å².